The topological polar surface area (TPSA) is 133 Å². The first kappa shape index (κ1) is 90.2. The van der Waals surface area contributed by atoms with E-state index in [9.17, 15) is 25.9 Å². The molecule has 0 rings (SSSR count). The van der Waals surface area contributed by atoms with Crippen molar-refractivity contribution in [3.8, 4) is 0 Å². The molecular formula is C74H150CaO8S2. The maximum absolute atomic E-state index is 11.0. The molecule has 0 amide bonds. The minimum atomic E-state index is -4.59. The second-order valence-corrected chi connectivity index (χ2v) is 28.9. The van der Waals surface area contributed by atoms with Crippen molar-refractivity contribution in [2.24, 2.45) is 11.8 Å². The van der Waals surface area contributed by atoms with Crippen molar-refractivity contribution in [1.29, 1.82) is 0 Å². The van der Waals surface area contributed by atoms with Crippen LogP contribution in [-0.2, 0) is 29.2 Å². The summed E-state index contributed by atoms with van der Waals surface area (Å²) in [5, 5.41) is 0. The van der Waals surface area contributed by atoms with Gasteiger partial charge in [0, 0.05) is 0 Å². The van der Waals surface area contributed by atoms with Gasteiger partial charge in [-0.15, -0.1) is 0 Å². The first-order chi connectivity index (χ1) is 41.0. The van der Waals surface area contributed by atoms with Crippen molar-refractivity contribution in [2.45, 2.75) is 451 Å². The Balaban J connectivity index is -0.00000156. The average molecular weight is 1270 g/mol. The molecule has 2 atom stereocenters. The molecule has 85 heavy (non-hydrogen) atoms. The van der Waals surface area contributed by atoms with Gasteiger partial charge in [0.2, 0.25) is 20.8 Å². The maximum Gasteiger partial charge on any atom is 2.00 e. The summed E-state index contributed by atoms with van der Waals surface area (Å²) < 4.78 is 75.2. The van der Waals surface area contributed by atoms with Crippen molar-refractivity contribution in [3.05, 3.63) is 0 Å². The SMILES string of the molecule is CCCCCCCCCCCCCCCCCCCCCCC(CCCCCCCCCCCCC)COS(=O)(=O)[O-].CCCCCCCCCCCCCCCCCCCCCCC(CCCCCCCCCCCCC)COS(=O)(=O)[O-].[Ca+2]. The van der Waals surface area contributed by atoms with Crippen LogP contribution in [0.5, 0.6) is 0 Å². The maximum atomic E-state index is 11.0. The Labute approximate surface area is 564 Å². The fourth-order valence-electron chi connectivity index (χ4n) is 12.6. The van der Waals surface area contributed by atoms with Crippen molar-refractivity contribution < 1.29 is 34.3 Å². The Hall–Kier alpha value is 1.000. The zero-order chi connectivity index (χ0) is 61.7. The average Bonchev–Trinajstić information content (AvgIpc) is 3.49. The predicted octanol–water partition coefficient (Wildman–Crippen LogP) is 25.6. The first-order valence-corrected chi connectivity index (χ1v) is 40.9. The van der Waals surface area contributed by atoms with E-state index in [-0.39, 0.29) is 62.8 Å². The summed E-state index contributed by atoms with van der Waals surface area (Å²) in [6, 6.07) is 0. The molecule has 0 spiro atoms. The minimum absolute atomic E-state index is 0. The Bertz CT molecular complexity index is 1330. The van der Waals surface area contributed by atoms with E-state index in [1.165, 1.54) is 372 Å². The van der Waals surface area contributed by atoms with Crippen molar-refractivity contribution >= 4 is 58.5 Å². The quantitative estimate of drug-likeness (QED) is 0.0254. The van der Waals surface area contributed by atoms with Gasteiger partial charge in [0.15, 0.2) is 0 Å². The molecule has 0 saturated heterocycles. The van der Waals surface area contributed by atoms with Gasteiger partial charge in [-0.05, 0) is 37.5 Å². The molecule has 0 bridgehead atoms. The van der Waals surface area contributed by atoms with Crippen LogP contribution in [0.3, 0.4) is 0 Å². The van der Waals surface area contributed by atoms with Gasteiger partial charge >= 0.3 is 37.7 Å². The van der Waals surface area contributed by atoms with Crippen LogP contribution >= 0.6 is 0 Å². The van der Waals surface area contributed by atoms with E-state index in [0.717, 1.165) is 51.4 Å². The normalized spacial score (nSPS) is 12.6. The summed E-state index contributed by atoms with van der Waals surface area (Å²) in [6.45, 7) is 9.25. The number of hydrogen-bond acceptors (Lipinski definition) is 8. The zero-order valence-electron chi connectivity index (χ0n) is 58.0. The Morgan fingerprint density at radius 1 is 0.212 bits per heavy atom. The second kappa shape index (κ2) is 75.7. The molecule has 11 heteroatoms. The van der Waals surface area contributed by atoms with Gasteiger partial charge in [-0.1, -0.05) is 426 Å². The molecule has 0 aromatic heterocycles. The van der Waals surface area contributed by atoms with Crippen LogP contribution in [0, 0.1) is 11.8 Å². The van der Waals surface area contributed by atoms with E-state index in [0.29, 0.717) is 0 Å². The monoisotopic (exact) mass is 1270 g/mol. The van der Waals surface area contributed by atoms with E-state index < -0.39 is 20.8 Å². The summed E-state index contributed by atoms with van der Waals surface area (Å²) >= 11 is 0. The molecule has 0 aliphatic rings. The summed E-state index contributed by atoms with van der Waals surface area (Å²) in [5.74, 6) is 0.394. The molecule has 0 saturated carbocycles. The van der Waals surface area contributed by atoms with Crippen LogP contribution in [0.25, 0.3) is 0 Å². The third-order valence-corrected chi connectivity index (χ3v) is 19.1. The number of unbranched alkanes of at least 4 members (excludes halogenated alkanes) is 58. The number of hydrogen-bond donors (Lipinski definition) is 0. The molecule has 2 unspecified atom stereocenters. The smallest absolute Gasteiger partial charge is 0.726 e. The zero-order valence-corrected chi connectivity index (χ0v) is 61.9. The van der Waals surface area contributed by atoms with Crippen molar-refractivity contribution in [3.63, 3.8) is 0 Å². The first-order valence-electron chi connectivity index (χ1n) is 38.2. The molecule has 508 valence electrons. The number of rotatable bonds is 72. The molecule has 0 aliphatic carbocycles. The van der Waals surface area contributed by atoms with Crippen LogP contribution in [0.4, 0.5) is 0 Å². The van der Waals surface area contributed by atoms with Crippen LogP contribution < -0.4 is 0 Å². The second-order valence-electron chi connectivity index (χ2n) is 26.8. The van der Waals surface area contributed by atoms with E-state index in [1.54, 1.807) is 0 Å². The van der Waals surface area contributed by atoms with Crippen LogP contribution in [0.15, 0.2) is 0 Å². The van der Waals surface area contributed by atoms with E-state index in [4.69, 9.17) is 0 Å². The predicted molar refractivity (Wildman–Crippen MR) is 371 cm³/mol. The molecule has 0 aromatic rings. The molecule has 0 heterocycles. The van der Waals surface area contributed by atoms with Gasteiger partial charge in [-0.25, -0.2) is 16.8 Å². The molecule has 0 aliphatic heterocycles. The molecular weight excluding hydrogens is 1120 g/mol. The van der Waals surface area contributed by atoms with Crippen molar-refractivity contribution in [1.82, 2.24) is 0 Å². The van der Waals surface area contributed by atoms with Crippen LogP contribution in [-0.4, -0.2) is 76.9 Å². The summed E-state index contributed by atoms with van der Waals surface area (Å²) in [5.41, 5.74) is 0. The third kappa shape index (κ3) is 85.0. The minimum Gasteiger partial charge on any atom is -0.726 e. The van der Waals surface area contributed by atoms with Gasteiger partial charge in [-0.2, -0.15) is 0 Å². The molecule has 8 nitrogen and oxygen atoms in total. The molecule has 0 aromatic carbocycles. The van der Waals surface area contributed by atoms with Crippen molar-refractivity contribution in [2.75, 3.05) is 13.2 Å². The fourth-order valence-corrected chi connectivity index (χ4v) is 13.3. The Morgan fingerprint density at radius 2 is 0.318 bits per heavy atom. The van der Waals surface area contributed by atoms with Gasteiger partial charge in [0.1, 0.15) is 0 Å². The summed E-state index contributed by atoms with van der Waals surface area (Å²) in [4.78, 5) is 0. The van der Waals surface area contributed by atoms with Crippen LogP contribution in [0.2, 0.25) is 0 Å². The van der Waals surface area contributed by atoms with Crippen LogP contribution in [0.1, 0.15) is 451 Å². The van der Waals surface area contributed by atoms with Gasteiger partial charge in [-0.3, -0.25) is 8.37 Å². The van der Waals surface area contributed by atoms with E-state index >= 15 is 0 Å². The van der Waals surface area contributed by atoms with E-state index in [2.05, 4.69) is 36.1 Å². The molecule has 0 radical (unpaired) electrons. The Kier molecular flexibility index (Phi) is 80.3. The summed E-state index contributed by atoms with van der Waals surface area (Å²) in [7, 11) is -9.18. The molecule has 0 fully saturated rings. The molecule has 0 N–H and O–H groups in total. The largest absolute Gasteiger partial charge is 2.00 e. The Morgan fingerprint density at radius 3 is 0.424 bits per heavy atom. The fraction of sp³-hybridized carbons (Fsp3) is 1.00. The summed E-state index contributed by atoms with van der Waals surface area (Å²) in [6.07, 6.45) is 87.9. The third-order valence-electron chi connectivity index (χ3n) is 18.3. The van der Waals surface area contributed by atoms with Gasteiger partial charge in [0.25, 0.3) is 0 Å². The van der Waals surface area contributed by atoms with Gasteiger partial charge in [0.05, 0.1) is 13.2 Å². The van der Waals surface area contributed by atoms with Gasteiger partial charge < -0.3 is 9.11 Å². The standard InChI is InChI=1S/2C37H76O4S.Ca/c2*1-3-5-7-9-11-13-15-16-17-18-19-20-21-22-23-25-27-29-31-33-35-37(36-41-42(38,39)40)34-32-30-28-26-24-14-12-10-8-6-4-2;/h2*37H,3-36H2,1-2H3,(H,38,39,40);/q;;+2/p-2. The van der Waals surface area contributed by atoms with E-state index in [1.807, 2.05) is 0 Å².